The van der Waals surface area contributed by atoms with Crippen LogP contribution in [0.5, 0.6) is 0 Å². The minimum absolute atomic E-state index is 0.0521. The molecule has 1 heterocycles. The SMILES string of the molecule is CCN(c1ccc(C(=O)O)o1)c1cccc2ccccc12. The molecule has 0 aliphatic carbocycles. The van der Waals surface area contributed by atoms with E-state index < -0.39 is 5.97 Å². The fraction of sp³-hybridized carbons (Fsp3) is 0.118. The third-order valence-electron chi connectivity index (χ3n) is 3.44. The Hall–Kier alpha value is -2.75. The number of carboxylic acids is 1. The van der Waals surface area contributed by atoms with Crippen LogP contribution in [-0.2, 0) is 0 Å². The maximum atomic E-state index is 11.0. The lowest BCUT2D eigenvalue weighted by Gasteiger charge is -2.21. The molecule has 0 saturated heterocycles. The van der Waals surface area contributed by atoms with Gasteiger partial charge in [0.2, 0.25) is 11.6 Å². The number of hydrogen-bond acceptors (Lipinski definition) is 3. The Balaban J connectivity index is 2.11. The summed E-state index contributed by atoms with van der Waals surface area (Å²) in [6.07, 6.45) is 0. The Morgan fingerprint density at radius 1 is 1.10 bits per heavy atom. The minimum Gasteiger partial charge on any atom is -0.475 e. The maximum absolute atomic E-state index is 11.0. The van der Waals surface area contributed by atoms with Gasteiger partial charge in [0.25, 0.3) is 0 Å². The lowest BCUT2D eigenvalue weighted by atomic mass is 10.1. The second-order valence-corrected chi connectivity index (χ2v) is 4.69. The smallest absolute Gasteiger partial charge is 0.371 e. The van der Waals surface area contributed by atoms with E-state index in [1.165, 1.54) is 6.07 Å². The third kappa shape index (κ3) is 2.36. The number of fused-ring (bicyclic) bond motifs is 1. The molecule has 0 spiro atoms. The number of hydrogen-bond donors (Lipinski definition) is 1. The lowest BCUT2D eigenvalue weighted by molar-refractivity contribution is 0.0663. The summed E-state index contributed by atoms with van der Waals surface area (Å²) in [5.41, 5.74) is 1.00. The van der Waals surface area contributed by atoms with E-state index >= 15 is 0 Å². The van der Waals surface area contributed by atoms with E-state index in [-0.39, 0.29) is 5.76 Å². The van der Waals surface area contributed by atoms with Gasteiger partial charge >= 0.3 is 5.97 Å². The molecule has 0 atom stereocenters. The highest BCUT2D eigenvalue weighted by atomic mass is 16.4. The van der Waals surface area contributed by atoms with E-state index in [4.69, 9.17) is 9.52 Å². The summed E-state index contributed by atoms with van der Waals surface area (Å²) in [6.45, 7) is 2.69. The Bertz CT molecular complexity index is 786. The van der Waals surface area contributed by atoms with Gasteiger partial charge in [0.1, 0.15) is 0 Å². The molecule has 2 aromatic carbocycles. The van der Waals surface area contributed by atoms with Crippen LogP contribution in [0.4, 0.5) is 11.6 Å². The standard InChI is InChI=1S/C17H15NO3/c1-2-18(16-11-10-15(21-16)17(19)20)14-9-5-7-12-6-3-4-8-13(12)14/h3-11H,2H2,1H3,(H,19,20). The summed E-state index contributed by atoms with van der Waals surface area (Å²) in [5, 5.41) is 11.2. The maximum Gasteiger partial charge on any atom is 0.371 e. The molecule has 0 unspecified atom stereocenters. The van der Waals surface area contributed by atoms with Gasteiger partial charge in [-0.05, 0) is 24.4 Å². The zero-order chi connectivity index (χ0) is 14.8. The van der Waals surface area contributed by atoms with Crippen molar-refractivity contribution in [1.82, 2.24) is 0 Å². The van der Waals surface area contributed by atoms with E-state index in [9.17, 15) is 4.79 Å². The van der Waals surface area contributed by atoms with Gasteiger partial charge in [-0.3, -0.25) is 0 Å². The number of carboxylic acid groups (broad SMARTS) is 1. The first-order valence-electron chi connectivity index (χ1n) is 6.79. The summed E-state index contributed by atoms with van der Waals surface area (Å²) >= 11 is 0. The van der Waals surface area contributed by atoms with Crippen molar-refractivity contribution in [3.05, 3.63) is 60.4 Å². The number of rotatable bonds is 4. The van der Waals surface area contributed by atoms with E-state index in [0.717, 1.165) is 16.5 Å². The fourth-order valence-corrected chi connectivity index (χ4v) is 2.48. The van der Waals surface area contributed by atoms with Crippen molar-refractivity contribution in [2.45, 2.75) is 6.92 Å². The topological polar surface area (TPSA) is 53.7 Å². The van der Waals surface area contributed by atoms with Crippen LogP contribution < -0.4 is 4.90 Å². The van der Waals surface area contributed by atoms with Gasteiger partial charge in [0.05, 0.1) is 5.69 Å². The monoisotopic (exact) mass is 281 g/mol. The van der Waals surface area contributed by atoms with Crippen LogP contribution in [0, 0.1) is 0 Å². The van der Waals surface area contributed by atoms with Crippen molar-refractivity contribution in [1.29, 1.82) is 0 Å². The highest BCUT2D eigenvalue weighted by Gasteiger charge is 2.16. The first-order chi connectivity index (χ1) is 10.2. The van der Waals surface area contributed by atoms with Gasteiger partial charge in [0.15, 0.2) is 0 Å². The van der Waals surface area contributed by atoms with Crippen LogP contribution in [0.2, 0.25) is 0 Å². The minimum atomic E-state index is -1.06. The molecule has 1 N–H and O–H groups in total. The van der Waals surface area contributed by atoms with Crippen LogP contribution >= 0.6 is 0 Å². The summed E-state index contributed by atoms with van der Waals surface area (Å²) in [5.74, 6) is -0.579. The summed E-state index contributed by atoms with van der Waals surface area (Å²) in [7, 11) is 0. The highest BCUT2D eigenvalue weighted by Crippen LogP contribution is 2.33. The highest BCUT2D eigenvalue weighted by molar-refractivity contribution is 5.96. The summed E-state index contributed by atoms with van der Waals surface area (Å²) < 4.78 is 5.43. The molecule has 0 aliphatic heterocycles. The van der Waals surface area contributed by atoms with E-state index in [1.54, 1.807) is 6.07 Å². The first-order valence-corrected chi connectivity index (χ1v) is 6.79. The van der Waals surface area contributed by atoms with Crippen LogP contribution in [0.15, 0.2) is 59.0 Å². The molecule has 4 heteroatoms. The molecular formula is C17H15NO3. The lowest BCUT2D eigenvalue weighted by Crippen LogP contribution is -2.15. The molecule has 0 radical (unpaired) electrons. The van der Waals surface area contributed by atoms with Crippen molar-refractivity contribution >= 4 is 28.3 Å². The number of benzene rings is 2. The van der Waals surface area contributed by atoms with Crippen molar-refractivity contribution < 1.29 is 14.3 Å². The molecule has 3 rings (SSSR count). The average Bonchev–Trinajstić information content (AvgIpc) is 2.98. The molecule has 0 amide bonds. The van der Waals surface area contributed by atoms with Gasteiger partial charge in [-0.1, -0.05) is 36.4 Å². The average molecular weight is 281 g/mol. The zero-order valence-corrected chi connectivity index (χ0v) is 11.6. The Kier molecular flexibility index (Phi) is 3.36. The summed E-state index contributed by atoms with van der Waals surface area (Å²) in [6, 6.07) is 17.3. The summed E-state index contributed by atoms with van der Waals surface area (Å²) in [4.78, 5) is 12.9. The molecular weight excluding hydrogens is 266 g/mol. The van der Waals surface area contributed by atoms with E-state index in [2.05, 4.69) is 12.1 Å². The Morgan fingerprint density at radius 2 is 1.86 bits per heavy atom. The molecule has 1 aromatic heterocycles. The number of nitrogens with zero attached hydrogens (tertiary/aromatic N) is 1. The number of aromatic carboxylic acids is 1. The van der Waals surface area contributed by atoms with Gasteiger partial charge < -0.3 is 14.4 Å². The van der Waals surface area contributed by atoms with E-state index in [0.29, 0.717) is 12.4 Å². The predicted octanol–water partition coefficient (Wildman–Crippen LogP) is 4.29. The van der Waals surface area contributed by atoms with Crippen molar-refractivity contribution in [3.63, 3.8) is 0 Å². The molecule has 0 saturated carbocycles. The molecule has 21 heavy (non-hydrogen) atoms. The number of anilines is 2. The van der Waals surface area contributed by atoms with Crippen LogP contribution in [0.1, 0.15) is 17.5 Å². The molecule has 4 nitrogen and oxygen atoms in total. The molecule has 0 fully saturated rings. The van der Waals surface area contributed by atoms with Crippen LogP contribution in [0.25, 0.3) is 10.8 Å². The first kappa shape index (κ1) is 13.2. The second-order valence-electron chi connectivity index (χ2n) is 4.69. The van der Waals surface area contributed by atoms with Crippen LogP contribution in [-0.4, -0.2) is 17.6 Å². The molecule has 106 valence electrons. The van der Waals surface area contributed by atoms with Gasteiger partial charge in [-0.2, -0.15) is 0 Å². The molecule has 0 bridgehead atoms. The molecule has 3 aromatic rings. The largest absolute Gasteiger partial charge is 0.475 e. The quantitative estimate of drug-likeness (QED) is 0.775. The van der Waals surface area contributed by atoms with Gasteiger partial charge in [0, 0.05) is 18.0 Å². The second kappa shape index (κ2) is 5.32. The predicted molar refractivity (Wildman–Crippen MR) is 82.3 cm³/mol. The van der Waals surface area contributed by atoms with E-state index in [1.807, 2.05) is 42.2 Å². The molecule has 0 aliphatic rings. The Labute approximate surface area is 122 Å². The number of carbonyl (C=O) groups is 1. The van der Waals surface area contributed by atoms with Crippen LogP contribution in [0.3, 0.4) is 0 Å². The number of furan rings is 1. The normalized spacial score (nSPS) is 10.7. The zero-order valence-electron chi connectivity index (χ0n) is 11.6. The third-order valence-corrected chi connectivity index (χ3v) is 3.44. The van der Waals surface area contributed by atoms with Crippen molar-refractivity contribution in [2.75, 3.05) is 11.4 Å². The van der Waals surface area contributed by atoms with Gasteiger partial charge in [-0.15, -0.1) is 0 Å². The van der Waals surface area contributed by atoms with Crippen molar-refractivity contribution in [3.8, 4) is 0 Å². The Morgan fingerprint density at radius 3 is 2.57 bits per heavy atom. The van der Waals surface area contributed by atoms with Gasteiger partial charge in [-0.25, -0.2) is 4.79 Å². The fourth-order valence-electron chi connectivity index (χ4n) is 2.48. The van der Waals surface area contributed by atoms with Crippen molar-refractivity contribution in [2.24, 2.45) is 0 Å².